The van der Waals surface area contributed by atoms with Crippen molar-refractivity contribution in [3.8, 4) is 10.7 Å². The number of aromatic amines is 1. The van der Waals surface area contributed by atoms with Gasteiger partial charge in [0.25, 0.3) is 0 Å². The lowest BCUT2D eigenvalue weighted by Gasteiger charge is -2.14. The summed E-state index contributed by atoms with van der Waals surface area (Å²) in [6.45, 7) is 0. The molecular formula is C14H17N7S2. The molecule has 0 unspecified atom stereocenters. The van der Waals surface area contributed by atoms with Gasteiger partial charge in [0.15, 0.2) is 0 Å². The van der Waals surface area contributed by atoms with Crippen molar-refractivity contribution in [3.05, 3.63) is 29.8 Å². The second-order valence-electron chi connectivity index (χ2n) is 4.79. The molecule has 0 saturated carbocycles. The van der Waals surface area contributed by atoms with E-state index < -0.39 is 0 Å². The fraction of sp³-hybridized carbons (Fsp3) is 0.143. The molecule has 0 saturated heterocycles. The van der Waals surface area contributed by atoms with Crippen LogP contribution in [-0.4, -0.2) is 34.2 Å². The highest BCUT2D eigenvalue weighted by atomic mass is 32.2. The minimum absolute atomic E-state index is 0.528. The van der Waals surface area contributed by atoms with Gasteiger partial charge in [-0.05, 0) is 30.0 Å². The normalized spacial score (nSPS) is 11.9. The SMILES string of the molecule is CNc1ccc(S/C(=N/N)N(C)N)c2cc(-c3nccs3)[nH]c12. The zero-order chi connectivity index (χ0) is 16.4. The third kappa shape index (κ3) is 2.98. The van der Waals surface area contributed by atoms with Crippen molar-refractivity contribution in [2.75, 3.05) is 19.4 Å². The van der Waals surface area contributed by atoms with Gasteiger partial charge in [-0.3, -0.25) is 5.01 Å². The first-order valence-electron chi connectivity index (χ1n) is 6.81. The van der Waals surface area contributed by atoms with E-state index in [0.29, 0.717) is 5.17 Å². The van der Waals surface area contributed by atoms with Crippen LogP contribution in [0.3, 0.4) is 0 Å². The van der Waals surface area contributed by atoms with E-state index in [9.17, 15) is 0 Å². The Morgan fingerprint density at radius 3 is 2.91 bits per heavy atom. The largest absolute Gasteiger partial charge is 0.386 e. The van der Waals surface area contributed by atoms with Crippen LogP contribution >= 0.6 is 23.1 Å². The van der Waals surface area contributed by atoms with Crippen LogP contribution in [0.5, 0.6) is 0 Å². The van der Waals surface area contributed by atoms with Gasteiger partial charge in [-0.1, -0.05) is 0 Å². The Morgan fingerprint density at radius 2 is 2.30 bits per heavy atom. The number of nitrogens with zero attached hydrogens (tertiary/aromatic N) is 3. The van der Waals surface area contributed by atoms with Gasteiger partial charge in [-0.15, -0.1) is 11.3 Å². The molecular weight excluding hydrogens is 330 g/mol. The fourth-order valence-electron chi connectivity index (χ4n) is 2.25. The van der Waals surface area contributed by atoms with Crippen molar-refractivity contribution in [2.24, 2.45) is 16.8 Å². The molecule has 120 valence electrons. The van der Waals surface area contributed by atoms with Gasteiger partial charge >= 0.3 is 0 Å². The number of thiazole rings is 1. The number of rotatable bonds is 3. The molecule has 1 aromatic carbocycles. The molecule has 2 heterocycles. The molecule has 0 atom stereocenters. The molecule has 0 spiro atoms. The Hall–Kier alpha value is -2.23. The number of hydrogen-bond donors (Lipinski definition) is 4. The van der Waals surface area contributed by atoms with E-state index in [0.717, 1.165) is 32.2 Å². The van der Waals surface area contributed by atoms with E-state index in [1.807, 2.05) is 24.6 Å². The summed E-state index contributed by atoms with van der Waals surface area (Å²) in [6, 6.07) is 6.12. The lowest BCUT2D eigenvalue weighted by molar-refractivity contribution is 0.548. The van der Waals surface area contributed by atoms with Gasteiger partial charge in [-0.2, -0.15) is 5.10 Å². The third-order valence-electron chi connectivity index (χ3n) is 3.30. The minimum Gasteiger partial charge on any atom is -0.386 e. The number of nitrogens with two attached hydrogens (primary N) is 2. The van der Waals surface area contributed by atoms with Crippen LogP contribution in [0, 0.1) is 0 Å². The van der Waals surface area contributed by atoms with Crippen molar-refractivity contribution in [3.63, 3.8) is 0 Å². The molecule has 3 rings (SSSR count). The molecule has 0 bridgehead atoms. The minimum atomic E-state index is 0.528. The molecule has 0 fully saturated rings. The molecule has 0 amide bonds. The predicted molar refractivity (Wildman–Crippen MR) is 98.4 cm³/mol. The van der Waals surface area contributed by atoms with Crippen LogP contribution in [0.4, 0.5) is 5.69 Å². The number of H-pyrrole nitrogens is 1. The monoisotopic (exact) mass is 347 g/mol. The Kier molecular flexibility index (Phi) is 4.42. The summed E-state index contributed by atoms with van der Waals surface area (Å²) in [4.78, 5) is 8.81. The number of amidine groups is 1. The first-order chi connectivity index (χ1) is 11.1. The van der Waals surface area contributed by atoms with Crippen molar-refractivity contribution < 1.29 is 0 Å². The summed E-state index contributed by atoms with van der Waals surface area (Å²) >= 11 is 3.01. The molecule has 7 nitrogen and oxygen atoms in total. The fourth-order valence-corrected chi connectivity index (χ4v) is 3.66. The van der Waals surface area contributed by atoms with Crippen molar-refractivity contribution in [1.82, 2.24) is 15.0 Å². The van der Waals surface area contributed by atoms with Crippen LogP contribution in [0.1, 0.15) is 0 Å². The number of aromatic nitrogens is 2. The highest BCUT2D eigenvalue weighted by molar-refractivity contribution is 8.14. The van der Waals surface area contributed by atoms with Crippen LogP contribution < -0.4 is 17.0 Å². The van der Waals surface area contributed by atoms with Gasteiger partial charge in [0.2, 0.25) is 5.17 Å². The summed E-state index contributed by atoms with van der Waals surface area (Å²) in [7, 11) is 3.60. The summed E-state index contributed by atoms with van der Waals surface area (Å²) in [5.74, 6) is 11.2. The molecule has 0 aliphatic rings. The summed E-state index contributed by atoms with van der Waals surface area (Å²) in [5.41, 5.74) is 3.00. The van der Waals surface area contributed by atoms with Gasteiger partial charge in [0.1, 0.15) is 5.01 Å². The topological polar surface area (TPSA) is 108 Å². The van der Waals surface area contributed by atoms with Crippen LogP contribution in [0.25, 0.3) is 21.6 Å². The Bertz CT molecular complexity index is 836. The quantitative estimate of drug-likeness (QED) is 0.191. The molecule has 3 aromatic rings. The summed E-state index contributed by atoms with van der Waals surface area (Å²) in [5, 5.41) is 12.8. The first kappa shape index (κ1) is 15.7. The zero-order valence-corrected chi connectivity index (χ0v) is 14.3. The maximum Gasteiger partial charge on any atom is 0.201 e. The number of hydrazone groups is 1. The standard InChI is InChI=1S/C14H17N7S2/c1-17-9-3-4-11(23-14(20-15)21(2)16)8-7-10(19-12(8)9)13-18-5-6-22-13/h3-7,17,19H,15-16H2,1-2H3/b20-14+. The number of anilines is 1. The molecule has 9 heteroatoms. The van der Waals surface area contributed by atoms with Crippen molar-refractivity contribution in [1.29, 1.82) is 0 Å². The molecule has 0 aliphatic carbocycles. The molecule has 6 N–H and O–H groups in total. The van der Waals surface area contributed by atoms with E-state index >= 15 is 0 Å². The smallest absolute Gasteiger partial charge is 0.201 e. The molecule has 23 heavy (non-hydrogen) atoms. The lowest BCUT2D eigenvalue weighted by Crippen LogP contribution is -2.31. The number of thioether (sulfide) groups is 1. The Morgan fingerprint density at radius 1 is 1.48 bits per heavy atom. The van der Waals surface area contributed by atoms with E-state index in [1.54, 1.807) is 24.6 Å². The summed E-state index contributed by atoms with van der Waals surface area (Å²) in [6.07, 6.45) is 1.79. The van der Waals surface area contributed by atoms with Crippen molar-refractivity contribution in [2.45, 2.75) is 4.90 Å². The Balaban J connectivity index is 2.12. The van der Waals surface area contributed by atoms with Crippen molar-refractivity contribution >= 4 is 44.9 Å². The molecule has 0 aliphatic heterocycles. The van der Waals surface area contributed by atoms with Gasteiger partial charge in [-0.25, -0.2) is 10.8 Å². The van der Waals surface area contributed by atoms with Crippen LogP contribution in [0.15, 0.2) is 39.8 Å². The number of fused-ring (bicyclic) bond motifs is 1. The number of hydrazine groups is 1. The van der Waals surface area contributed by atoms with Gasteiger partial charge in [0.05, 0.1) is 16.9 Å². The first-order valence-corrected chi connectivity index (χ1v) is 8.51. The number of benzene rings is 1. The lowest BCUT2D eigenvalue weighted by atomic mass is 10.2. The Labute approximate surface area is 141 Å². The van der Waals surface area contributed by atoms with Crippen LogP contribution in [-0.2, 0) is 0 Å². The van der Waals surface area contributed by atoms with E-state index in [2.05, 4.69) is 26.5 Å². The average Bonchev–Trinajstić information content (AvgIpc) is 3.20. The second-order valence-corrected chi connectivity index (χ2v) is 6.70. The van der Waals surface area contributed by atoms with E-state index in [-0.39, 0.29) is 0 Å². The summed E-state index contributed by atoms with van der Waals surface area (Å²) < 4.78 is 0. The molecule has 2 aromatic heterocycles. The predicted octanol–water partition coefficient (Wildman–Crippen LogP) is 2.46. The zero-order valence-electron chi connectivity index (χ0n) is 12.7. The number of hydrogen-bond acceptors (Lipinski definition) is 7. The number of nitrogens with one attached hydrogen (secondary N) is 2. The highest BCUT2D eigenvalue weighted by Crippen LogP contribution is 2.36. The van der Waals surface area contributed by atoms with E-state index in [1.165, 1.54) is 16.8 Å². The van der Waals surface area contributed by atoms with Crippen LogP contribution in [0.2, 0.25) is 0 Å². The third-order valence-corrected chi connectivity index (χ3v) is 5.26. The maximum atomic E-state index is 5.75. The van der Waals surface area contributed by atoms with Gasteiger partial charge in [0, 0.05) is 36.0 Å². The maximum absolute atomic E-state index is 5.75. The van der Waals surface area contributed by atoms with Gasteiger partial charge < -0.3 is 16.1 Å². The highest BCUT2D eigenvalue weighted by Gasteiger charge is 2.15. The average molecular weight is 347 g/mol. The molecule has 0 radical (unpaired) electrons. The second kappa shape index (κ2) is 6.49. The van der Waals surface area contributed by atoms with E-state index in [4.69, 9.17) is 11.7 Å².